The van der Waals surface area contributed by atoms with Crippen LogP contribution in [0.25, 0.3) is 0 Å². The number of rotatable bonds is 4. The number of ether oxygens (including phenoxy) is 1. The minimum absolute atomic E-state index is 0.117. The standard InChI is InChI=1S/C7H14NO2/c9-5-6-10-7-8-3-1-2-4-8/h1-7H2. The van der Waals surface area contributed by atoms with Gasteiger partial charge in [0.25, 0.3) is 0 Å². The number of nitrogens with zero attached hydrogens (tertiary/aromatic N) is 1. The Balaban J connectivity index is 1.91. The van der Waals surface area contributed by atoms with E-state index < -0.39 is 0 Å². The van der Waals surface area contributed by atoms with E-state index in [4.69, 9.17) is 4.74 Å². The quantitative estimate of drug-likeness (QED) is 0.538. The highest BCUT2D eigenvalue weighted by Crippen LogP contribution is 2.05. The molecular formula is C7H14NO2. The molecule has 0 amide bonds. The summed E-state index contributed by atoms with van der Waals surface area (Å²) in [5.74, 6) is 0. The Labute approximate surface area is 61.6 Å². The van der Waals surface area contributed by atoms with E-state index >= 15 is 0 Å². The van der Waals surface area contributed by atoms with Gasteiger partial charge >= 0.3 is 0 Å². The number of hydrogen-bond acceptors (Lipinski definition) is 2. The van der Waals surface area contributed by atoms with Crippen molar-refractivity contribution in [3.05, 3.63) is 0 Å². The Bertz CT molecular complexity index is 81.7. The molecule has 0 unspecified atom stereocenters. The molecule has 0 bridgehead atoms. The zero-order chi connectivity index (χ0) is 7.23. The molecule has 1 aliphatic rings. The molecule has 0 aliphatic carbocycles. The first kappa shape index (κ1) is 7.98. The summed E-state index contributed by atoms with van der Waals surface area (Å²) in [5, 5.41) is 9.96. The fourth-order valence-electron chi connectivity index (χ4n) is 1.16. The highest BCUT2D eigenvalue weighted by Gasteiger charge is 2.09. The first-order chi connectivity index (χ1) is 4.93. The molecule has 1 rings (SSSR count). The fraction of sp³-hybridized carbons (Fsp3) is 1.00. The van der Waals surface area contributed by atoms with E-state index in [0.29, 0.717) is 13.3 Å². The minimum atomic E-state index is -0.117. The second-order valence-corrected chi connectivity index (χ2v) is 2.57. The Morgan fingerprint density at radius 2 is 2.00 bits per heavy atom. The van der Waals surface area contributed by atoms with Crippen molar-refractivity contribution in [2.24, 2.45) is 0 Å². The fourth-order valence-corrected chi connectivity index (χ4v) is 1.16. The number of likely N-dealkylation sites (tertiary alicyclic amines) is 1. The summed E-state index contributed by atoms with van der Waals surface area (Å²) in [6.07, 6.45) is 2.56. The zero-order valence-electron chi connectivity index (χ0n) is 6.21. The maximum absolute atomic E-state index is 9.96. The highest BCUT2D eigenvalue weighted by atomic mass is 16.5. The molecule has 0 saturated carbocycles. The van der Waals surface area contributed by atoms with Gasteiger partial charge in [-0.3, -0.25) is 4.90 Å². The second kappa shape index (κ2) is 4.66. The topological polar surface area (TPSA) is 32.4 Å². The molecule has 10 heavy (non-hydrogen) atoms. The summed E-state index contributed by atoms with van der Waals surface area (Å²) in [4.78, 5) is 2.23. The molecule has 3 heteroatoms. The van der Waals surface area contributed by atoms with Gasteiger partial charge in [-0.1, -0.05) is 0 Å². The van der Waals surface area contributed by atoms with Gasteiger partial charge in [-0.15, -0.1) is 0 Å². The van der Waals surface area contributed by atoms with Gasteiger partial charge in [0, 0.05) is 13.1 Å². The van der Waals surface area contributed by atoms with E-state index in [2.05, 4.69) is 4.90 Å². The van der Waals surface area contributed by atoms with Crippen LogP contribution in [-0.4, -0.2) is 37.9 Å². The average molecular weight is 144 g/mol. The van der Waals surface area contributed by atoms with Crippen molar-refractivity contribution >= 4 is 0 Å². The van der Waals surface area contributed by atoms with Crippen LogP contribution in [0.1, 0.15) is 12.8 Å². The van der Waals surface area contributed by atoms with E-state index in [-0.39, 0.29) is 6.61 Å². The normalized spacial score (nSPS) is 20.1. The minimum Gasteiger partial charge on any atom is -0.364 e. The van der Waals surface area contributed by atoms with Gasteiger partial charge in [-0.25, -0.2) is 5.11 Å². The van der Waals surface area contributed by atoms with E-state index in [9.17, 15) is 5.11 Å². The Morgan fingerprint density at radius 1 is 1.30 bits per heavy atom. The maximum Gasteiger partial charge on any atom is 0.106 e. The van der Waals surface area contributed by atoms with Crippen LogP contribution >= 0.6 is 0 Å². The summed E-state index contributed by atoms with van der Waals surface area (Å²) in [6, 6.07) is 0. The third-order valence-electron chi connectivity index (χ3n) is 1.70. The average Bonchev–Trinajstić information content (AvgIpc) is 2.41. The summed E-state index contributed by atoms with van der Waals surface area (Å²) in [7, 11) is 0. The van der Waals surface area contributed by atoms with Gasteiger partial charge in [0.1, 0.15) is 6.61 Å². The lowest BCUT2D eigenvalue weighted by Gasteiger charge is -2.13. The molecule has 59 valence electrons. The lowest BCUT2D eigenvalue weighted by Crippen LogP contribution is -2.23. The van der Waals surface area contributed by atoms with Gasteiger partial charge < -0.3 is 4.74 Å². The number of hydrogen-bond donors (Lipinski definition) is 0. The third-order valence-corrected chi connectivity index (χ3v) is 1.70. The SMILES string of the molecule is [O]CCOCN1CCCC1. The van der Waals surface area contributed by atoms with Crippen molar-refractivity contribution in [3.8, 4) is 0 Å². The molecule has 0 aromatic heterocycles. The molecule has 1 heterocycles. The van der Waals surface area contributed by atoms with E-state index in [1.165, 1.54) is 12.8 Å². The molecule has 0 aromatic carbocycles. The van der Waals surface area contributed by atoms with Crippen molar-refractivity contribution in [1.82, 2.24) is 4.90 Å². The predicted molar refractivity (Wildman–Crippen MR) is 37.2 cm³/mol. The molecule has 0 atom stereocenters. The van der Waals surface area contributed by atoms with E-state index in [1.54, 1.807) is 0 Å². The largest absolute Gasteiger partial charge is 0.364 e. The lowest BCUT2D eigenvalue weighted by molar-refractivity contribution is 0.00825. The molecular weight excluding hydrogens is 130 g/mol. The lowest BCUT2D eigenvalue weighted by atomic mass is 10.4. The third kappa shape index (κ3) is 2.64. The first-order valence-electron chi connectivity index (χ1n) is 3.81. The molecule has 1 aliphatic heterocycles. The molecule has 1 radical (unpaired) electrons. The van der Waals surface area contributed by atoms with Crippen LogP contribution in [0.4, 0.5) is 0 Å². The van der Waals surface area contributed by atoms with Gasteiger partial charge in [0.05, 0.1) is 13.3 Å². The van der Waals surface area contributed by atoms with E-state index in [0.717, 1.165) is 13.1 Å². The summed E-state index contributed by atoms with van der Waals surface area (Å²) >= 11 is 0. The van der Waals surface area contributed by atoms with Crippen molar-refractivity contribution in [3.63, 3.8) is 0 Å². The van der Waals surface area contributed by atoms with Crippen molar-refractivity contribution in [1.29, 1.82) is 0 Å². The molecule has 0 aromatic rings. The molecule has 0 spiro atoms. The van der Waals surface area contributed by atoms with Crippen LogP contribution in [0, 0.1) is 0 Å². The van der Waals surface area contributed by atoms with E-state index in [1.807, 2.05) is 0 Å². The van der Waals surface area contributed by atoms with Crippen LogP contribution in [0.3, 0.4) is 0 Å². The van der Waals surface area contributed by atoms with Gasteiger partial charge in [0.15, 0.2) is 0 Å². The monoisotopic (exact) mass is 144 g/mol. The maximum atomic E-state index is 9.96. The van der Waals surface area contributed by atoms with Crippen LogP contribution in [-0.2, 0) is 9.84 Å². The zero-order valence-corrected chi connectivity index (χ0v) is 6.21. The molecule has 1 fully saturated rings. The first-order valence-corrected chi connectivity index (χ1v) is 3.81. The van der Waals surface area contributed by atoms with Crippen molar-refractivity contribution in [2.45, 2.75) is 12.8 Å². The highest BCUT2D eigenvalue weighted by molar-refractivity contribution is 4.61. The Hall–Kier alpha value is -0.120. The second-order valence-electron chi connectivity index (χ2n) is 2.57. The summed E-state index contributed by atoms with van der Waals surface area (Å²) < 4.78 is 5.08. The van der Waals surface area contributed by atoms with Crippen LogP contribution in [0.5, 0.6) is 0 Å². The van der Waals surface area contributed by atoms with Crippen LogP contribution < -0.4 is 0 Å². The molecule has 3 nitrogen and oxygen atoms in total. The van der Waals surface area contributed by atoms with Crippen molar-refractivity contribution < 1.29 is 9.84 Å². The smallest absolute Gasteiger partial charge is 0.106 e. The van der Waals surface area contributed by atoms with Gasteiger partial charge in [0.2, 0.25) is 0 Å². The Kier molecular flexibility index (Phi) is 3.72. The summed E-state index contributed by atoms with van der Waals surface area (Å²) in [6.45, 7) is 3.17. The van der Waals surface area contributed by atoms with Crippen LogP contribution in [0.2, 0.25) is 0 Å². The predicted octanol–water partition coefficient (Wildman–Crippen LogP) is 0.487. The van der Waals surface area contributed by atoms with Crippen molar-refractivity contribution in [2.75, 3.05) is 33.0 Å². The summed E-state index contributed by atoms with van der Waals surface area (Å²) in [5.41, 5.74) is 0. The molecule has 1 saturated heterocycles. The van der Waals surface area contributed by atoms with Gasteiger partial charge in [-0.05, 0) is 12.8 Å². The Morgan fingerprint density at radius 3 is 2.60 bits per heavy atom. The van der Waals surface area contributed by atoms with Gasteiger partial charge in [-0.2, -0.15) is 0 Å². The molecule has 0 N–H and O–H groups in total. The van der Waals surface area contributed by atoms with Crippen LogP contribution in [0.15, 0.2) is 0 Å².